The molecule has 80 valence electrons. The second-order valence-electron chi connectivity index (χ2n) is 4.41. The van der Waals surface area contributed by atoms with Crippen LogP contribution in [0.25, 0.3) is 0 Å². The van der Waals surface area contributed by atoms with Crippen LogP contribution >= 0.6 is 11.6 Å². The fourth-order valence-corrected chi connectivity index (χ4v) is 2.47. The van der Waals surface area contributed by atoms with Gasteiger partial charge >= 0.3 is 0 Å². The molecule has 1 aliphatic rings. The van der Waals surface area contributed by atoms with Gasteiger partial charge in [-0.15, -0.1) is 0 Å². The number of benzene rings is 2. The fourth-order valence-electron chi connectivity index (χ4n) is 2.34. The summed E-state index contributed by atoms with van der Waals surface area (Å²) in [5.41, 5.74) is 2.88. The Labute approximate surface area is 101 Å². The lowest BCUT2D eigenvalue weighted by molar-refractivity contribution is 1.03. The Morgan fingerprint density at radius 1 is 0.750 bits per heavy atom. The van der Waals surface area contributed by atoms with E-state index < -0.39 is 0 Å². The Bertz CT molecular complexity index is 473. The van der Waals surface area contributed by atoms with Crippen LogP contribution in [0.3, 0.4) is 0 Å². The SMILES string of the molecule is Clc1ccc([C@H]2C[C@@H]2c2ccccc2)cc1. The first-order chi connectivity index (χ1) is 7.84. The van der Waals surface area contributed by atoms with Crippen molar-refractivity contribution in [3.05, 3.63) is 70.7 Å². The number of halogens is 1. The van der Waals surface area contributed by atoms with E-state index in [4.69, 9.17) is 11.6 Å². The lowest BCUT2D eigenvalue weighted by Crippen LogP contribution is -1.83. The van der Waals surface area contributed by atoms with Gasteiger partial charge in [-0.3, -0.25) is 0 Å². The minimum Gasteiger partial charge on any atom is -0.0843 e. The highest BCUT2D eigenvalue weighted by molar-refractivity contribution is 6.30. The summed E-state index contributed by atoms with van der Waals surface area (Å²) >= 11 is 5.89. The highest BCUT2D eigenvalue weighted by atomic mass is 35.5. The molecule has 0 aliphatic heterocycles. The summed E-state index contributed by atoms with van der Waals surface area (Å²) in [6, 6.07) is 19.0. The predicted octanol–water partition coefficient (Wildman–Crippen LogP) is 4.61. The van der Waals surface area contributed by atoms with E-state index in [9.17, 15) is 0 Å². The highest BCUT2D eigenvalue weighted by Gasteiger charge is 2.38. The summed E-state index contributed by atoms with van der Waals surface area (Å²) in [6.45, 7) is 0. The predicted molar refractivity (Wildman–Crippen MR) is 68.0 cm³/mol. The largest absolute Gasteiger partial charge is 0.0843 e. The van der Waals surface area contributed by atoms with Crippen LogP contribution in [-0.4, -0.2) is 0 Å². The van der Waals surface area contributed by atoms with Crippen LogP contribution in [0.15, 0.2) is 54.6 Å². The van der Waals surface area contributed by atoms with Crippen molar-refractivity contribution in [1.82, 2.24) is 0 Å². The molecular weight excluding hydrogens is 216 g/mol. The van der Waals surface area contributed by atoms with E-state index in [1.165, 1.54) is 17.5 Å². The molecule has 0 radical (unpaired) electrons. The van der Waals surface area contributed by atoms with Gasteiger partial charge in [-0.25, -0.2) is 0 Å². The molecule has 0 bridgehead atoms. The van der Waals surface area contributed by atoms with Gasteiger partial charge in [0.15, 0.2) is 0 Å². The van der Waals surface area contributed by atoms with Gasteiger partial charge in [-0.05, 0) is 41.5 Å². The molecule has 0 amide bonds. The van der Waals surface area contributed by atoms with Gasteiger partial charge in [0.2, 0.25) is 0 Å². The lowest BCUT2D eigenvalue weighted by atomic mass is 10.0. The third-order valence-corrected chi connectivity index (χ3v) is 3.57. The van der Waals surface area contributed by atoms with Crippen molar-refractivity contribution in [2.24, 2.45) is 0 Å². The van der Waals surface area contributed by atoms with Gasteiger partial charge in [0.05, 0.1) is 0 Å². The Kier molecular flexibility index (Phi) is 2.45. The van der Waals surface area contributed by atoms with Crippen molar-refractivity contribution in [3.8, 4) is 0 Å². The smallest absolute Gasteiger partial charge is 0.0406 e. The molecule has 0 spiro atoms. The maximum atomic E-state index is 5.89. The minimum atomic E-state index is 0.694. The first-order valence-electron chi connectivity index (χ1n) is 5.65. The quantitative estimate of drug-likeness (QED) is 0.704. The Morgan fingerprint density at radius 2 is 1.31 bits per heavy atom. The minimum absolute atomic E-state index is 0.694. The molecule has 1 aliphatic carbocycles. The molecular formula is C15H13Cl. The van der Waals surface area contributed by atoms with E-state index in [0.29, 0.717) is 11.8 Å². The topological polar surface area (TPSA) is 0 Å². The zero-order chi connectivity index (χ0) is 11.0. The maximum absolute atomic E-state index is 5.89. The second-order valence-corrected chi connectivity index (χ2v) is 4.85. The van der Waals surface area contributed by atoms with Gasteiger partial charge in [-0.2, -0.15) is 0 Å². The first-order valence-corrected chi connectivity index (χ1v) is 6.03. The van der Waals surface area contributed by atoms with Crippen LogP contribution in [-0.2, 0) is 0 Å². The molecule has 0 unspecified atom stereocenters. The van der Waals surface area contributed by atoms with E-state index >= 15 is 0 Å². The zero-order valence-corrected chi connectivity index (χ0v) is 9.69. The number of hydrogen-bond acceptors (Lipinski definition) is 0. The molecule has 16 heavy (non-hydrogen) atoms. The van der Waals surface area contributed by atoms with E-state index in [1.807, 2.05) is 12.1 Å². The fraction of sp³-hybridized carbons (Fsp3) is 0.200. The van der Waals surface area contributed by atoms with Crippen LogP contribution in [0.5, 0.6) is 0 Å². The van der Waals surface area contributed by atoms with E-state index in [1.54, 1.807) is 0 Å². The summed E-state index contributed by atoms with van der Waals surface area (Å²) in [5.74, 6) is 1.40. The van der Waals surface area contributed by atoms with Crippen LogP contribution in [0, 0.1) is 0 Å². The van der Waals surface area contributed by atoms with Crippen molar-refractivity contribution in [2.45, 2.75) is 18.3 Å². The molecule has 1 saturated carbocycles. The molecule has 1 heteroatoms. The molecule has 0 saturated heterocycles. The molecule has 0 N–H and O–H groups in total. The Morgan fingerprint density at radius 3 is 1.94 bits per heavy atom. The standard InChI is InChI=1S/C15H13Cl/c16-13-8-6-12(7-9-13)15-10-14(15)11-4-2-1-3-5-11/h1-9,14-15H,10H2/t14-,15-/m1/s1. The number of rotatable bonds is 2. The lowest BCUT2D eigenvalue weighted by Gasteiger charge is -2.01. The average molecular weight is 229 g/mol. The molecule has 2 atom stereocenters. The molecule has 3 rings (SSSR count). The van der Waals surface area contributed by atoms with Crippen molar-refractivity contribution >= 4 is 11.6 Å². The van der Waals surface area contributed by atoms with Crippen molar-refractivity contribution in [2.75, 3.05) is 0 Å². The van der Waals surface area contributed by atoms with Crippen LogP contribution in [0.2, 0.25) is 5.02 Å². The summed E-state index contributed by atoms with van der Waals surface area (Å²) in [6.07, 6.45) is 1.27. The first kappa shape index (κ1) is 9.92. The Balaban J connectivity index is 1.79. The van der Waals surface area contributed by atoms with Crippen molar-refractivity contribution in [3.63, 3.8) is 0 Å². The van der Waals surface area contributed by atoms with Gasteiger partial charge < -0.3 is 0 Å². The Hall–Kier alpha value is -1.27. The van der Waals surface area contributed by atoms with Crippen LogP contribution in [0.4, 0.5) is 0 Å². The second kappa shape index (κ2) is 3.95. The molecule has 1 fully saturated rings. The van der Waals surface area contributed by atoms with Gasteiger partial charge in [0.1, 0.15) is 0 Å². The summed E-state index contributed by atoms with van der Waals surface area (Å²) in [7, 11) is 0. The monoisotopic (exact) mass is 228 g/mol. The molecule has 0 nitrogen and oxygen atoms in total. The average Bonchev–Trinajstić information content (AvgIpc) is 3.11. The summed E-state index contributed by atoms with van der Waals surface area (Å²) in [5, 5.41) is 0.820. The normalized spacial score (nSPS) is 23.1. The van der Waals surface area contributed by atoms with Crippen molar-refractivity contribution < 1.29 is 0 Å². The summed E-state index contributed by atoms with van der Waals surface area (Å²) < 4.78 is 0. The molecule has 0 aromatic heterocycles. The van der Waals surface area contributed by atoms with Crippen LogP contribution in [0.1, 0.15) is 29.4 Å². The van der Waals surface area contributed by atoms with E-state index in [2.05, 4.69) is 42.5 Å². The third kappa shape index (κ3) is 1.85. The molecule has 0 heterocycles. The maximum Gasteiger partial charge on any atom is 0.0406 e. The van der Waals surface area contributed by atoms with E-state index in [-0.39, 0.29) is 0 Å². The van der Waals surface area contributed by atoms with Gasteiger partial charge in [-0.1, -0.05) is 54.1 Å². The van der Waals surface area contributed by atoms with Gasteiger partial charge in [0.25, 0.3) is 0 Å². The number of hydrogen-bond donors (Lipinski definition) is 0. The van der Waals surface area contributed by atoms with Crippen molar-refractivity contribution in [1.29, 1.82) is 0 Å². The van der Waals surface area contributed by atoms with E-state index in [0.717, 1.165) is 5.02 Å². The third-order valence-electron chi connectivity index (χ3n) is 3.32. The summed E-state index contributed by atoms with van der Waals surface area (Å²) in [4.78, 5) is 0. The molecule has 2 aromatic carbocycles. The molecule has 2 aromatic rings. The highest BCUT2D eigenvalue weighted by Crippen LogP contribution is 2.54. The van der Waals surface area contributed by atoms with Gasteiger partial charge in [0, 0.05) is 5.02 Å². The zero-order valence-electron chi connectivity index (χ0n) is 8.94. The van der Waals surface area contributed by atoms with Crippen LogP contribution < -0.4 is 0 Å².